The molecule has 0 aliphatic carbocycles. The van der Waals surface area contributed by atoms with Crippen LogP contribution in [0, 0.1) is 0 Å². The molecule has 2 rings (SSSR count). The Morgan fingerprint density at radius 1 is 1.50 bits per heavy atom. The zero-order valence-corrected chi connectivity index (χ0v) is 11.5. The molecule has 0 bridgehead atoms. The Balaban J connectivity index is 2.27. The molecule has 0 N–H and O–H groups in total. The number of ketones is 1. The van der Waals surface area contributed by atoms with E-state index in [1.807, 2.05) is 32.1 Å². The molecule has 0 spiro atoms. The number of rotatable bonds is 4. The van der Waals surface area contributed by atoms with E-state index in [4.69, 9.17) is 16.3 Å². The van der Waals surface area contributed by atoms with Crippen molar-refractivity contribution in [2.24, 2.45) is 0 Å². The van der Waals surface area contributed by atoms with Crippen molar-refractivity contribution in [3.05, 3.63) is 39.9 Å². The summed E-state index contributed by atoms with van der Waals surface area (Å²) in [7, 11) is 0. The minimum Gasteiger partial charge on any atom is -0.493 e. The number of hydrogen-bond acceptors (Lipinski definition) is 2. The second-order valence-electron chi connectivity index (χ2n) is 4.42. The monoisotopic (exact) mass is 264 g/mol. The second kappa shape index (κ2) is 5.57. The number of halogens is 1. The van der Waals surface area contributed by atoms with E-state index in [1.165, 1.54) is 0 Å². The summed E-state index contributed by atoms with van der Waals surface area (Å²) in [5.74, 6) is 1.01. The summed E-state index contributed by atoms with van der Waals surface area (Å²) in [6.45, 7) is 4.57. The van der Waals surface area contributed by atoms with Crippen LogP contribution in [0.25, 0.3) is 0 Å². The summed E-state index contributed by atoms with van der Waals surface area (Å²) >= 11 is 6.08. The molecule has 0 saturated carbocycles. The second-order valence-corrected chi connectivity index (χ2v) is 4.86. The molecule has 18 heavy (non-hydrogen) atoms. The van der Waals surface area contributed by atoms with E-state index in [9.17, 15) is 4.79 Å². The van der Waals surface area contributed by atoms with Gasteiger partial charge in [-0.2, -0.15) is 0 Å². The fourth-order valence-corrected chi connectivity index (χ4v) is 2.59. The average molecular weight is 265 g/mol. The summed E-state index contributed by atoms with van der Waals surface area (Å²) in [6, 6.07) is 3.76. The lowest BCUT2D eigenvalue weighted by atomic mass is 9.98. The zero-order valence-electron chi connectivity index (χ0n) is 10.8. The molecule has 0 radical (unpaired) electrons. The molecule has 0 fully saturated rings. The molecule has 0 saturated heterocycles. The average Bonchev–Trinajstić information content (AvgIpc) is 2.78. The molecule has 1 heterocycles. The van der Waals surface area contributed by atoms with Crippen molar-refractivity contribution in [1.82, 2.24) is 0 Å². The lowest BCUT2D eigenvalue weighted by molar-refractivity contribution is -0.115. The van der Waals surface area contributed by atoms with Gasteiger partial charge in [0.1, 0.15) is 5.75 Å². The standard InChI is InChI=1S/C15H17ClO2/c1-3-10(4-2)14(17)9-12-8-13(16)7-11-5-6-18-15(11)12/h3,7-8H,4-6,9H2,1-2H3/b10-3-. The third-order valence-corrected chi connectivity index (χ3v) is 3.48. The summed E-state index contributed by atoms with van der Waals surface area (Å²) in [5.41, 5.74) is 2.89. The van der Waals surface area contributed by atoms with E-state index < -0.39 is 0 Å². The minimum absolute atomic E-state index is 0.153. The fourth-order valence-electron chi connectivity index (χ4n) is 2.33. The molecule has 0 atom stereocenters. The van der Waals surface area contributed by atoms with E-state index >= 15 is 0 Å². The maximum Gasteiger partial charge on any atom is 0.163 e. The van der Waals surface area contributed by atoms with Crippen LogP contribution in [0.2, 0.25) is 5.02 Å². The predicted molar refractivity (Wildman–Crippen MR) is 73.4 cm³/mol. The van der Waals surface area contributed by atoms with Crippen LogP contribution in [0.1, 0.15) is 31.4 Å². The van der Waals surface area contributed by atoms with Crippen molar-refractivity contribution in [3.63, 3.8) is 0 Å². The summed E-state index contributed by atoms with van der Waals surface area (Å²) in [5, 5.41) is 0.681. The quantitative estimate of drug-likeness (QED) is 0.775. The predicted octanol–water partition coefficient (Wildman–Crippen LogP) is 3.74. The Hall–Kier alpha value is -1.28. The number of ether oxygens (including phenoxy) is 1. The van der Waals surface area contributed by atoms with Gasteiger partial charge >= 0.3 is 0 Å². The number of allylic oxidation sites excluding steroid dienone is 2. The Morgan fingerprint density at radius 3 is 2.94 bits per heavy atom. The van der Waals surface area contributed by atoms with Crippen molar-refractivity contribution in [3.8, 4) is 5.75 Å². The van der Waals surface area contributed by atoms with Crippen LogP contribution < -0.4 is 4.74 Å². The van der Waals surface area contributed by atoms with E-state index in [1.54, 1.807) is 0 Å². The Bertz CT molecular complexity index is 503. The first-order valence-electron chi connectivity index (χ1n) is 6.28. The number of Topliss-reactive ketones (excluding diaryl/α,β-unsaturated/α-hetero) is 1. The van der Waals surface area contributed by atoms with Gasteiger partial charge in [-0.05, 0) is 36.6 Å². The summed E-state index contributed by atoms with van der Waals surface area (Å²) in [4.78, 5) is 12.1. The molecule has 0 aromatic heterocycles. The van der Waals surface area contributed by atoms with Gasteiger partial charge in [0, 0.05) is 23.4 Å². The maximum atomic E-state index is 12.1. The van der Waals surface area contributed by atoms with Gasteiger partial charge < -0.3 is 4.74 Å². The highest BCUT2D eigenvalue weighted by atomic mass is 35.5. The molecule has 1 aromatic rings. The molecule has 1 aliphatic heterocycles. The lowest BCUT2D eigenvalue weighted by Crippen LogP contribution is -2.07. The van der Waals surface area contributed by atoms with Gasteiger partial charge in [0.15, 0.2) is 5.78 Å². The minimum atomic E-state index is 0.153. The highest BCUT2D eigenvalue weighted by Crippen LogP contribution is 2.33. The molecule has 1 aliphatic rings. The maximum absolute atomic E-state index is 12.1. The van der Waals surface area contributed by atoms with E-state index in [2.05, 4.69) is 0 Å². The number of benzene rings is 1. The van der Waals surface area contributed by atoms with Crippen molar-refractivity contribution in [1.29, 1.82) is 0 Å². The van der Waals surface area contributed by atoms with Crippen molar-refractivity contribution in [2.75, 3.05) is 6.61 Å². The van der Waals surface area contributed by atoms with Crippen molar-refractivity contribution in [2.45, 2.75) is 33.1 Å². The van der Waals surface area contributed by atoms with Crippen LogP contribution in [-0.4, -0.2) is 12.4 Å². The smallest absolute Gasteiger partial charge is 0.163 e. The van der Waals surface area contributed by atoms with Gasteiger partial charge in [0.25, 0.3) is 0 Å². The SMILES string of the molecule is C/C=C(/CC)C(=O)Cc1cc(Cl)cc2c1OCC2. The Labute approximate surface area is 113 Å². The Kier molecular flexibility index (Phi) is 4.07. The topological polar surface area (TPSA) is 26.3 Å². The largest absolute Gasteiger partial charge is 0.493 e. The highest BCUT2D eigenvalue weighted by Gasteiger charge is 2.20. The molecule has 2 nitrogen and oxygen atoms in total. The number of hydrogen-bond donors (Lipinski definition) is 0. The van der Waals surface area contributed by atoms with Gasteiger partial charge in [0.2, 0.25) is 0 Å². The van der Waals surface area contributed by atoms with Crippen molar-refractivity contribution < 1.29 is 9.53 Å². The molecule has 0 amide bonds. The molecule has 0 unspecified atom stereocenters. The number of carbonyl (C=O) groups excluding carboxylic acids is 1. The molecular weight excluding hydrogens is 248 g/mol. The van der Waals surface area contributed by atoms with Crippen LogP contribution in [0.5, 0.6) is 5.75 Å². The summed E-state index contributed by atoms with van der Waals surface area (Å²) < 4.78 is 5.60. The van der Waals surface area contributed by atoms with Crippen LogP contribution in [-0.2, 0) is 17.6 Å². The summed E-state index contributed by atoms with van der Waals surface area (Å²) in [6.07, 6.45) is 3.89. The van der Waals surface area contributed by atoms with Gasteiger partial charge in [-0.3, -0.25) is 4.79 Å². The van der Waals surface area contributed by atoms with E-state index in [-0.39, 0.29) is 5.78 Å². The fraction of sp³-hybridized carbons (Fsp3) is 0.400. The first kappa shape index (κ1) is 13.2. The van der Waals surface area contributed by atoms with Gasteiger partial charge in [0.05, 0.1) is 6.61 Å². The van der Waals surface area contributed by atoms with Crippen LogP contribution >= 0.6 is 11.6 Å². The molecule has 3 heteroatoms. The van der Waals surface area contributed by atoms with Crippen LogP contribution in [0.4, 0.5) is 0 Å². The Morgan fingerprint density at radius 2 is 2.28 bits per heavy atom. The van der Waals surface area contributed by atoms with Gasteiger partial charge in [-0.1, -0.05) is 24.6 Å². The van der Waals surface area contributed by atoms with Gasteiger partial charge in [-0.15, -0.1) is 0 Å². The normalized spacial score (nSPS) is 14.3. The molecule has 1 aromatic carbocycles. The van der Waals surface area contributed by atoms with E-state index in [0.29, 0.717) is 18.1 Å². The zero-order chi connectivity index (χ0) is 13.1. The first-order valence-corrected chi connectivity index (χ1v) is 6.66. The third-order valence-electron chi connectivity index (χ3n) is 3.26. The first-order chi connectivity index (χ1) is 8.65. The highest BCUT2D eigenvalue weighted by molar-refractivity contribution is 6.30. The van der Waals surface area contributed by atoms with Gasteiger partial charge in [-0.25, -0.2) is 0 Å². The molecular formula is C15H17ClO2. The van der Waals surface area contributed by atoms with E-state index in [0.717, 1.165) is 35.3 Å². The number of carbonyl (C=O) groups is 1. The molecule has 96 valence electrons. The third kappa shape index (κ3) is 2.59. The number of fused-ring (bicyclic) bond motifs is 1. The lowest BCUT2D eigenvalue weighted by Gasteiger charge is -2.09. The van der Waals surface area contributed by atoms with Crippen LogP contribution in [0.3, 0.4) is 0 Å². The van der Waals surface area contributed by atoms with Crippen molar-refractivity contribution >= 4 is 17.4 Å². The van der Waals surface area contributed by atoms with Crippen LogP contribution in [0.15, 0.2) is 23.8 Å².